The van der Waals surface area contributed by atoms with Crippen LogP contribution in [-0.2, 0) is 24.2 Å². The molecule has 0 N–H and O–H groups in total. The number of ketones is 1. The fourth-order valence-corrected chi connectivity index (χ4v) is 5.74. The first-order valence-electron chi connectivity index (χ1n) is 12.3. The van der Waals surface area contributed by atoms with Crippen LogP contribution in [0.3, 0.4) is 0 Å². The molecule has 3 aliphatic heterocycles. The van der Waals surface area contributed by atoms with Crippen LogP contribution in [0.4, 0.5) is 5.69 Å². The molecule has 1 amide bonds. The molecular weight excluding hydrogens is 396 g/mol. The Morgan fingerprint density at radius 2 is 1.72 bits per heavy atom. The SMILES string of the molecule is Cc1ccc(C)c(CN2CCC(CCC(=O)c3cc4c5c(c3)CCN5C(=O)CC4)CC2)c1. The van der Waals surface area contributed by atoms with E-state index in [4.69, 9.17) is 0 Å². The molecule has 0 atom stereocenters. The molecule has 3 heterocycles. The van der Waals surface area contributed by atoms with E-state index in [1.165, 1.54) is 40.7 Å². The van der Waals surface area contributed by atoms with Crippen molar-refractivity contribution in [3.63, 3.8) is 0 Å². The summed E-state index contributed by atoms with van der Waals surface area (Å²) in [5, 5.41) is 0. The molecule has 32 heavy (non-hydrogen) atoms. The van der Waals surface area contributed by atoms with Crippen LogP contribution in [0.5, 0.6) is 0 Å². The topological polar surface area (TPSA) is 40.6 Å². The van der Waals surface area contributed by atoms with Crippen LogP contribution in [0.25, 0.3) is 0 Å². The number of piperidine rings is 1. The number of hydrogen-bond donors (Lipinski definition) is 0. The Balaban J connectivity index is 1.14. The molecule has 2 aromatic carbocycles. The van der Waals surface area contributed by atoms with E-state index < -0.39 is 0 Å². The monoisotopic (exact) mass is 430 g/mol. The summed E-state index contributed by atoms with van der Waals surface area (Å²) in [6, 6.07) is 10.9. The maximum Gasteiger partial charge on any atom is 0.227 e. The number of rotatable bonds is 6. The Morgan fingerprint density at radius 1 is 0.969 bits per heavy atom. The van der Waals surface area contributed by atoms with Gasteiger partial charge in [-0.1, -0.05) is 23.8 Å². The van der Waals surface area contributed by atoms with Gasteiger partial charge in [0.15, 0.2) is 5.78 Å². The zero-order chi connectivity index (χ0) is 22.2. The van der Waals surface area contributed by atoms with Crippen molar-refractivity contribution in [2.75, 3.05) is 24.5 Å². The van der Waals surface area contributed by atoms with Gasteiger partial charge >= 0.3 is 0 Å². The summed E-state index contributed by atoms with van der Waals surface area (Å²) < 4.78 is 0. The Kier molecular flexibility index (Phi) is 5.90. The molecule has 5 rings (SSSR count). The normalized spacial score (nSPS) is 18.8. The van der Waals surface area contributed by atoms with Crippen molar-refractivity contribution < 1.29 is 9.59 Å². The van der Waals surface area contributed by atoms with E-state index in [0.717, 1.165) is 56.7 Å². The predicted octanol–water partition coefficient (Wildman–Crippen LogP) is 5.01. The van der Waals surface area contributed by atoms with Gasteiger partial charge in [0.05, 0.1) is 5.69 Å². The first-order valence-corrected chi connectivity index (χ1v) is 12.3. The number of nitrogens with zero attached hydrogens (tertiary/aromatic N) is 2. The van der Waals surface area contributed by atoms with E-state index in [0.29, 0.717) is 18.8 Å². The zero-order valence-corrected chi connectivity index (χ0v) is 19.5. The summed E-state index contributed by atoms with van der Waals surface area (Å²) in [5.74, 6) is 1.16. The Labute approximate surface area is 191 Å². The van der Waals surface area contributed by atoms with Crippen molar-refractivity contribution in [2.45, 2.75) is 65.3 Å². The minimum absolute atomic E-state index is 0.235. The first-order chi connectivity index (χ1) is 15.5. The van der Waals surface area contributed by atoms with Gasteiger partial charge in [0.2, 0.25) is 5.91 Å². The molecule has 0 radical (unpaired) electrons. The molecule has 1 fully saturated rings. The van der Waals surface area contributed by atoms with Crippen molar-refractivity contribution in [3.05, 3.63) is 63.7 Å². The third kappa shape index (κ3) is 4.25. The smallest absolute Gasteiger partial charge is 0.227 e. The standard InChI is InChI=1S/C28H34N2O2/c1-19-3-4-20(2)25(15-19)18-29-12-9-21(10-13-29)5-7-26(31)24-16-22-6-8-27(32)30-14-11-23(17-24)28(22)30/h3-4,15-17,21H,5-14,18H2,1-2H3. The molecule has 0 aromatic heterocycles. The second-order valence-corrected chi connectivity index (χ2v) is 10.0. The number of anilines is 1. The highest BCUT2D eigenvalue weighted by Crippen LogP contribution is 2.38. The summed E-state index contributed by atoms with van der Waals surface area (Å²) >= 11 is 0. The molecule has 4 nitrogen and oxygen atoms in total. The largest absolute Gasteiger partial charge is 0.312 e. The van der Waals surface area contributed by atoms with Crippen LogP contribution >= 0.6 is 0 Å². The van der Waals surface area contributed by atoms with Crippen LogP contribution in [0.15, 0.2) is 30.3 Å². The van der Waals surface area contributed by atoms with Crippen LogP contribution in [0.2, 0.25) is 0 Å². The minimum Gasteiger partial charge on any atom is -0.312 e. The minimum atomic E-state index is 0.235. The number of carbonyl (C=O) groups is 2. The number of aryl methyl sites for hydroxylation is 3. The molecule has 0 bridgehead atoms. The molecule has 0 aliphatic carbocycles. The lowest BCUT2D eigenvalue weighted by Gasteiger charge is -2.32. The number of Topliss-reactive ketones (excluding diaryl/α,β-unsaturated/α-hetero) is 1. The van der Waals surface area contributed by atoms with E-state index in [1.54, 1.807) is 0 Å². The predicted molar refractivity (Wildman–Crippen MR) is 128 cm³/mol. The van der Waals surface area contributed by atoms with Gasteiger partial charge in [-0.2, -0.15) is 0 Å². The molecule has 1 saturated heterocycles. The highest BCUT2D eigenvalue weighted by atomic mass is 16.2. The van der Waals surface area contributed by atoms with E-state index in [-0.39, 0.29) is 11.7 Å². The summed E-state index contributed by atoms with van der Waals surface area (Å²) in [7, 11) is 0. The average Bonchev–Trinajstić information content (AvgIpc) is 3.23. The molecule has 0 unspecified atom stereocenters. The lowest BCUT2D eigenvalue weighted by Crippen LogP contribution is -2.33. The number of benzene rings is 2. The van der Waals surface area contributed by atoms with Gasteiger partial charge in [0.25, 0.3) is 0 Å². The van der Waals surface area contributed by atoms with Gasteiger partial charge in [0.1, 0.15) is 0 Å². The molecule has 3 aliphatic rings. The Morgan fingerprint density at radius 3 is 2.50 bits per heavy atom. The van der Waals surface area contributed by atoms with Crippen LogP contribution < -0.4 is 4.90 Å². The van der Waals surface area contributed by atoms with Crippen molar-refractivity contribution in [3.8, 4) is 0 Å². The maximum atomic E-state index is 13.0. The molecule has 0 spiro atoms. The van der Waals surface area contributed by atoms with E-state index in [9.17, 15) is 9.59 Å². The summed E-state index contributed by atoms with van der Waals surface area (Å²) in [5.41, 5.74) is 8.51. The fraction of sp³-hybridized carbons (Fsp3) is 0.500. The zero-order valence-electron chi connectivity index (χ0n) is 19.5. The summed E-state index contributed by atoms with van der Waals surface area (Å²) in [6.45, 7) is 8.43. The first kappa shape index (κ1) is 21.4. The third-order valence-corrected chi connectivity index (χ3v) is 7.76. The summed E-state index contributed by atoms with van der Waals surface area (Å²) in [4.78, 5) is 29.6. The van der Waals surface area contributed by atoms with E-state index in [2.05, 4.69) is 49.1 Å². The van der Waals surface area contributed by atoms with Crippen molar-refractivity contribution >= 4 is 17.4 Å². The van der Waals surface area contributed by atoms with Gasteiger partial charge in [-0.05, 0) is 99.3 Å². The van der Waals surface area contributed by atoms with Crippen LogP contribution in [0, 0.1) is 19.8 Å². The quantitative estimate of drug-likeness (QED) is 0.605. The van der Waals surface area contributed by atoms with Crippen molar-refractivity contribution in [2.24, 2.45) is 5.92 Å². The second-order valence-electron chi connectivity index (χ2n) is 10.0. The van der Waals surface area contributed by atoms with Crippen LogP contribution in [-0.4, -0.2) is 36.2 Å². The molecular formula is C28H34N2O2. The number of carbonyl (C=O) groups excluding carboxylic acids is 2. The maximum absolute atomic E-state index is 13.0. The average molecular weight is 431 g/mol. The summed E-state index contributed by atoms with van der Waals surface area (Å²) in [6.07, 6.45) is 6.24. The van der Waals surface area contributed by atoms with Gasteiger partial charge in [0, 0.05) is 31.5 Å². The number of hydrogen-bond acceptors (Lipinski definition) is 3. The van der Waals surface area contributed by atoms with Gasteiger partial charge in [-0.15, -0.1) is 0 Å². The third-order valence-electron chi connectivity index (χ3n) is 7.76. The van der Waals surface area contributed by atoms with Gasteiger partial charge in [-0.25, -0.2) is 0 Å². The highest BCUT2D eigenvalue weighted by molar-refractivity contribution is 6.02. The Hall–Kier alpha value is -2.46. The van der Waals surface area contributed by atoms with Crippen molar-refractivity contribution in [1.29, 1.82) is 0 Å². The molecule has 0 saturated carbocycles. The van der Waals surface area contributed by atoms with Crippen molar-refractivity contribution in [1.82, 2.24) is 4.90 Å². The lowest BCUT2D eigenvalue weighted by molar-refractivity contribution is -0.118. The second kappa shape index (κ2) is 8.82. The van der Waals surface area contributed by atoms with Gasteiger partial charge in [-0.3, -0.25) is 14.5 Å². The molecule has 168 valence electrons. The number of likely N-dealkylation sites (tertiary alicyclic amines) is 1. The fourth-order valence-electron chi connectivity index (χ4n) is 5.74. The molecule has 2 aromatic rings. The van der Waals surface area contributed by atoms with E-state index >= 15 is 0 Å². The number of amides is 1. The van der Waals surface area contributed by atoms with E-state index in [1.807, 2.05) is 4.90 Å². The van der Waals surface area contributed by atoms with Crippen LogP contribution in [0.1, 0.15) is 70.3 Å². The van der Waals surface area contributed by atoms with Gasteiger partial charge < -0.3 is 4.90 Å². The Bertz CT molecular complexity index is 1050. The lowest BCUT2D eigenvalue weighted by atomic mass is 9.89. The highest BCUT2D eigenvalue weighted by Gasteiger charge is 2.32. The molecule has 4 heteroatoms.